The molecule has 0 bridgehead atoms. The van der Waals surface area contributed by atoms with Crippen molar-refractivity contribution in [3.05, 3.63) is 0 Å². The van der Waals surface area contributed by atoms with Crippen LogP contribution in [0.2, 0.25) is 0 Å². The summed E-state index contributed by atoms with van der Waals surface area (Å²) in [7, 11) is 0. The van der Waals surface area contributed by atoms with E-state index in [1.54, 1.807) is 0 Å². The zero-order chi connectivity index (χ0) is 12.0. The minimum atomic E-state index is 0.190. The molecule has 0 radical (unpaired) electrons. The maximum atomic E-state index is 6.06. The Balaban J connectivity index is 2.72. The third kappa shape index (κ3) is 3.44. The molecule has 16 heavy (non-hydrogen) atoms. The Hall–Kier alpha value is -0.120. The van der Waals surface area contributed by atoms with Gasteiger partial charge in [-0.1, -0.05) is 20.8 Å². The standard InChI is InChI=1S/C13H28N2O/c1-4-15(10-12(2)3)13(11-14)6-5-8-16-9-7-13/h12H,4-11,14H2,1-3H3. The lowest BCUT2D eigenvalue weighted by atomic mass is 9.87. The van der Waals surface area contributed by atoms with Crippen LogP contribution in [0.4, 0.5) is 0 Å². The first kappa shape index (κ1) is 13.9. The van der Waals surface area contributed by atoms with Crippen LogP contribution in [-0.2, 0) is 4.74 Å². The lowest BCUT2D eigenvalue weighted by Crippen LogP contribution is -2.55. The summed E-state index contributed by atoms with van der Waals surface area (Å²) in [6.07, 6.45) is 3.42. The minimum Gasteiger partial charge on any atom is -0.381 e. The van der Waals surface area contributed by atoms with Crippen LogP contribution in [-0.4, -0.2) is 43.3 Å². The molecule has 0 aromatic rings. The number of likely N-dealkylation sites (N-methyl/N-ethyl adjacent to an activating group) is 1. The molecule has 0 spiro atoms. The average molecular weight is 228 g/mol. The van der Waals surface area contributed by atoms with Crippen molar-refractivity contribution in [3.63, 3.8) is 0 Å². The second-order valence-corrected chi connectivity index (χ2v) is 5.33. The highest BCUT2D eigenvalue weighted by Crippen LogP contribution is 2.28. The van der Waals surface area contributed by atoms with Gasteiger partial charge in [0, 0.05) is 31.8 Å². The molecule has 2 N–H and O–H groups in total. The fourth-order valence-electron chi connectivity index (χ4n) is 2.74. The first-order chi connectivity index (χ1) is 7.64. The van der Waals surface area contributed by atoms with Crippen LogP contribution in [0.25, 0.3) is 0 Å². The monoisotopic (exact) mass is 228 g/mol. The molecule has 3 heteroatoms. The molecule has 0 aliphatic carbocycles. The molecule has 0 amide bonds. The topological polar surface area (TPSA) is 38.5 Å². The summed E-state index contributed by atoms with van der Waals surface area (Å²) >= 11 is 0. The highest BCUT2D eigenvalue weighted by atomic mass is 16.5. The molecule has 1 unspecified atom stereocenters. The van der Waals surface area contributed by atoms with Crippen LogP contribution in [0.15, 0.2) is 0 Å². The Morgan fingerprint density at radius 1 is 1.31 bits per heavy atom. The van der Waals surface area contributed by atoms with Crippen molar-refractivity contribution in [2.24, 2.45) is 11.7 Å². The molecule has 1 fully saturated rings. The fraction of sp³-hybridized carbons (Fsp3) is 1.00. The first-order valence-electron chi connectivity index (χ1n) is 6.67. The van der Waals surface area contributed by atoms with Crippen LogP contribution in [0, 0.1) is 5.92 Å². The van der Waals surface area contributed by atoms with E-state index in [2.05, 4.69) is 25.7 Å². The number of hydrogen-bond acceptors (Lipinski definition) is 3. The van der Waals surface area contributed by atoms with E-state index in [0.29, 0.717) is 5.92 Å². The number of hydrogen-bond donors (Lipinski definition) is 1. The number of ether oxygens (including phenoxy) is 1. The van der Waals surface area contributed by atoms with Gasteiger partial charge in [-0.15, -0.1) is 0 Å². The van der Waals surface area contributed by atoms with Gasteiger partial charge in [-0.05, 0) is 31.7 Å². The van der Waals surface area contributed by atoms with Gasteiger partial charge in [-0.2, -0.15) is 0 Å². The van der Waals surface area contributed by atoms with Gasteiger partial charge in [0.15, 0.2) is 0 Å². The molecule has 1 saturated heterocycles. The van der Waals surface area contributed by atoms with Gasteiger partial charge in [0.1, 0.15) is 0 Å². The molecule has 1 rings (SSSR count). The van der Waals surface area contributed by atoms with Crippen LogP contribution >= 0.6 is 0 Å². The molecular weight excluding hydrogens is 200 g/mol. The second-order valence-electron chi connectivity index (χ2n) is 5.33. The average Bonchev–Trinajstić information content (AvgIpc) is 2.51. The Labute approximate surface area is 100 Å². The summed E-state index contributed by atoms with van der Waals surface area (Å²) in [6, 6.07) is 0. The van der Waals surface area contributed by atoms with Crippen LogP contribution < -0.4 is 5.73 Å². The van der Waals surface area contributed by atoms with Crippen LogP contribution in [0.3, 0.4) is 0 Å². The smallest absolute Gasteiger partial charge is 0.0484 e. The van der Waals surface area contributed by atoms with Crippen LogP contribution in [0.1, 0.15) is 40.0 Å². The zero-order valence-corrected chi connectivity index (χ0v) is 11.2. The predicted octanol–water partition coefficient (Wildman–Crippen LogP) is 1.86. The van der Waals surface area contributed by atoms with Gasteiger partial charge in [-0.3, -0.25) is 4.90 Å². The van der Waals surface area contributed by atoms with Gasteiger partial charge in [0.2, 0.25) is 0 Å². The number of nitrogens with two attached hydrogens (primary N) is 1. The summed E-state index contributed by atoms with van der Waals surface area (Å²) in [5, 5.41) is 0. The summed E-state index contributed by atoms with van der Waals surface area (Å²) < 4.78 is 5.57. The molecule has 1 atom stereocenters. The predicted molar refractivity (Wildman–Crippen MR) is 68.5 cm³/mol. The van der Waals surface area contributed by atoms with E-state index in [-0.39, 0.29) is 5.54 Å². The van der Waals surface area contributed by atoms with Crippen molar-refractivity contribution >= 4 is 0 Å². The van der Waals surface area contributed by atoms with Crippen molar-refractivity contribution in [2.45, 2.75) is 45.6 Å². The largest absolute Gasteiger partial charge is 0.381 e. The van der Waals surface area contributed by atoms with Gasteiger partial charge in [-0.25, -0.2) is 0 Å². The molecule has 0 aromatic heterocycles. The van der Waals surface area contributed by atoms with Gasteiger partial charge < -0.3 is 10.5 Å². The highest BCUT2D eigenvalue weighted by Gasteiger charge is 2.35. The maximum Gasteiger partial charge on any atom is 0.0484 e. The van der Waals surface area contributed by atoms with Crippen LogP contribution in [0.5, 0.6) is 0 Å². The molecule has 96 valence electrons. The van der Waals surface area contributed by atoms with E-state index in [9.17, 15) is 0 Å². The Morgan fingerprint density at radius 2 is 2.06 bits per heavy atom. The van der Waals surface area contributed by atoms with Crippen molar-refractivity contribution in [2.75, 3.05) is 32.8 Å². The fourth-order valence-corrected chi connectivity index (χ4v) is 2.74. The van der Waals surface area contributed by atoms with E-state index in [4.69, 9.17) is 10.5 Å². The Bertz CT molecular complexity index is 186. The van der Waals surface area contributed by atoms with Crippen molar-refractivity contribution in [3.8, 4) is 0 Å². The minimum absolute atomic E-state index is 0.190. The summed E-state index contributed by atoms with van der Waals surface area (Å²) in [4.78, 5) is 2.58. The van der Waals surface area contributed by atoms with Crippen molar-refractivity contribution in [1.82, 2.24) is 4.90 Å². The quantitative estimate of drug-likeness (QED) is 0.780. The SMILES string of the molecule is CCN(CC(C)C)C1(CN)CCCOCC1. The third-order valence-electron chi connectivity index (χ3n) is 3.66. The molecule has 1 aliphatic rings. The molecule has 0 saturated carbocycles. The normalized spacial score (nSPS) is 27.4. The van der Waals surface area contributed by atoms with E-state index in [0.717, 1.165) is 45.7 Å². The molecule has 1 aliphatic heterocycles. The molecular formula is C13H28N2O. The van der Waals surface area contributed by atoms with Gasteiger partial charge >= 0.3 is 0 Å². The highest BCUT2D eigenvalue weighted by molar-refractivity contribution is 4.92. The molecule has 1 heterocycles. The van der Waals surface area contributed by atoms with E-state index in [1.165, 1.54) is 6.42 Å². The first-order valence-corrected chi connectivity index (χ1v) is 6.67. The molecule has 0 aromatic carbocycles. The summed E-state index contributed by atoms with van der Waals surface area (Å²) in [5.74, 6) is 0.701. The molecule has 3 nitrogen and oxygen atoms in total. The Morgan fingerprint density at radius 3 is 2.62 bits per heavy atom. The van der Waals surface area contributed by atoms with Crippen molar-refractivity contribution < 1.29 is 4.74 Å². The lowest BCUT2D eigenvalue weighted by Gasteiger charge is -2.43. The summed E-state index contributed by atoms with van der Waals surface area (Å²) in [6.45, 7) is 11.6. The Kier molecular flexibility index (Phi) is 5.73. The summed E-state index contributed by atoms with van der Waals surface area (Å²) in [5.41, 5.74) is 6.25. The van der Waals surface area contributed by atoms with Gasteiger partial charge in [0.05, 0.1) is 0 Å². The van der Waals surface area contributed by atoms with E-state index < -0.39 is 0 Å². The maximum absolute atomic E-state index is 6.06. The number of nitrogens with zero attached hydrogens (tertiary/aromatic N) is 1. The third-order valence-corrected chi connectivity index (χ3v) is 3.66. The van der Waals surface area contributed by atoms with E-state index >= 15 is 0 Å². The second kappa shape index (κ2) is 6.58. The lowest BCUT2D eigenvalue weighted by molar-refractivity contribution is 0.0616. The zero-order valence-electron chi connectivity index (χ0n) is 11.2. The van der Waals surface area contributed by atoms with Gasteiger partial charge in [0.25, 0.3) is 0 Å². The number of rotatable bonds is 5. The van der Waals surface area contributed by atoms with E-state index in [1.807, 2.05) is 0 Å². The van der Waals surface area contributed by atoms with Crippen molar-refractivity contribution in [1.29, 1.82) is 0 Å².